The fraction of sp³-hybridized carbons (Fsp3) is 0. The number of hydrogen-bond donors (Lipinski definition) is 1. The average molecular weight is 165 g/mol. The van der Waals surface area contributed by atoms with Crippen LogP contribution in [0.2, 0.25) is 0 Å². The highest BCUT2D eigenvalue weighted by Gasteiger charge is 2.02. The zero-order chi connectivity index (χ0) is 4.41. The quantitative estimate of drug-likeness (QED) is 0.547. The molecule has 0 spiro atoms. The zero-order valence-electron chi connectivity index (χ0n) is 2.94. The molecule has 0 aliphatic carbocycles. The van der Waals surface area contributed by atoms with Gasteiger partial charge in [-0.05, 0) is 21.3 Å². The van der Waals surface area contributed by atoms with Crippen LogP contribution in [0.3, 0.4) is 0 Å². The Morgan fingerprint density at radius 1 is 1.83 bits per heavy atom. The van der Waals surface area contributed by atoms with Gasteiger partial charge in [0.2, 0.25) is 0 Å². The molecule has 0 aromatic rings. The van der Waals surface area contributed by atoms with E-state index in [1.54, 1.807) is 11.8 Å². The lowest BCUT2D eigenvalue weighted by atomic mass is 11.0. The SMILES string of the molecule is Br[C]1NC=CS1. The molecule has 1 heterocycles. The van der Waals surface area contributed by atoms with E-state index in [4.69, 9.17) is 0 Å². The van der Waals surface area contributed by atoms with Gasteiger partial charge in [-0.2, -0.15) is 0 Å². The topological polar surface area (TPSA) is 12.0 Å². The van der Waals surface area contributed by atoms with E-state index in [0.29, 0.717) is 0 Å². The highest BCUT2D eigenvalue weighted by atomic mass is 79.9. The minimum Gasteiger partial charge on any atom is -0.364 e. The van der Waals surface area contributed by atoms with Crippen molar-refractivity contribution in [2.75, 3.05) is 0 Å². The van der Waals surface area contributed by atoms with Crippen molar-refractivity contribution in [3.05, 3.63) is 15.9 Å². The summed E-state index contributed by atoms with van der Waals surface area (Å²) in [5.41, 5.74) is 0. The summed E-state index contributed by atoms with van der Waals surface area (Å²) in [6.45, 7) is 0. The second-order valence-corrected chi connectivity index (χ2v) is 3.07. The molecule has 3 heteroatoms. The molecule has 1 rings (SSSR count). The molecule has 0 atom stereocenters. The number of hydrogen-bond acceptors (Lipinski definition) is 2. The maximum Gasteiger partial charge on any atom is 0.187 e. The third-order valence-corrected chi connectivity index (χ3v) is 1.82. The van der Waals surface area contributed by atoms with E-state index in [1.165, 1.54) is 0 Å². The molecule has 33 valence electrons. The fourth-order valence-electron chi connectivity index (χ4n) is 0.227. The minimum absolute atomic E-state index is 1.07. The van der Waals surface area contributed by atoms with Gasteiger partial charge in [-0.1, -0.05) is 11.8 Å². The van der Waals surface area contributed by atoms with Gasteiger partial charge in [0.25, 0.3) is 0 Å². The van der Waals surface area contributed by atoms with Gasteiger partial charge in [0.1, 0.15) is 0 Å². The van der Waals surface area contributed by atoms with Crippen molar-refractivity contribution in [2.24, 2.45) is 0 Å². The van der Waals surface area contributed by atoms with Crippen LogP contribution in [0.4, 0.5) is 0 Å². The van der Waals surface area contributed by atoms with Crippen LogP contribution >= 0.6 is 27.7 Å². The molecule has 1 N–H and O–H groups in total. The number of rotatable bonds is 0. The lowest BCUT2D eigenvalue weighted by molar-refractivity contribution is 1.17. The summed E-state index contributed by atoms with van der Waals surface area (Å²) >= 11 is 4.88. The molecule has 0 saturated heterocycles. The normalized spacial score (nSPS) is 21.5. The van der Waals surface area contributed by atoms with Crippen LogP contribution < -0.4 is 5.32 Å². The zero-order valence-corrected chi connectivity index (χ0v) is 5.34. The molecule has 1 aliphatic heterocycles. The van der Waals surface area contributed by atoms with E-state index >= 15 is 0 Å². The summed E-state index contributed by atoms with van der Waals surface area (Å²) in [6, 6.07) is 0. The van der Waals surface area contributed by atoms with Crippen molar-refractivity contribution in [2.45, 2.75) is 0 Å². The van der Waals surface area contributed by atoms with Crippen molar-refractivity contribution in [1.29, 1.82) is 0 Å². The van der Waals surface area contributed by atoms with Crippen molar-refractivity contribution < 1.29 is 0 Å². The third kappa shape index (κ3) is 0.914. The summed E-state index contributed by atoms with van der Waals surface area (Å²) < 4.78 is 1.07. The second-order valence-electron chi connectivity index (χ2n) is 0.839. The standard InChI is InChI=1S/C3H3BrNS/c4-3-5-1-2-6-3/h1-2,5H. The van der Waals surface area contributed by atoms with E-state index in [2.05, 4.69) is 21.2 Å². The van der Waals surface area contributed by atoms with Crippen LogP contribution in [-0.2, 0) is 0 Å². The Balaban J connectivity index is 2.32. The van der Waals surface area contributed by atoms with Gasteiger partial charge in [-0.15, -0.1) is 0 Å². The fourth-order valence-corrected chi connectivity index (χ4v) is 1.07. The van der Waals surface area contributed by atoms with E-state index in [1.807, 2.05) is 11.6 Å². The number of nitrogens with one attached hydrogen (secondary N) is 1. The molecule has 1 aliphatic rings. The molecule has 0 unspecified atom stereocenters. The van der Waals surface area contributed by atoms with Crippen LogP contribution in [0.5, 0.6) is 0 Å². The number of halogens is 1. The molecule has 1 nitrogen and oxygen atoms in total. The summed E-state index contributed by atoms with van der Waals surface area (Å²) in [6.07, 6.45) is 1.88. The van der Waals surface area contributed by atoms with Gasteiger partial charge in [-0.25, -0.2) is 0 Å². The van der Waals surface area contributed by atoms with Crippen LogP contribution in [0.25, 0.3) is 0 Å². The number of thioether (sulfide) groups is 1. The van der Waals surface area contributed by atoms with Gasteiger partial charge in [-0.3, -0.25) is 0 Å². The van der Waals surface area contributed by atoms with Crippen LogP contribution in [0.15, 0.2) is 11.6 Å². The lowest BCUT2D eigenvalue weighted by Crippen LogP contribution is -1.96. The Morgan fingerprint density at radius 2 is 2.67 bits per heavy atom. The highest BCUT2D eigenvalue weighted by Crippen LogP contribution is 2.27. The Kier molecular flexibility index (Phi) is 1.42. The maximum atomic E-state index is 3.24. The summed E-state index contributed by atoms with van der Waals surface area (Å²) in [7, 11) is 0. The van der Waals surface area contributed by atoms with Gasteiger partial charge >= 0.3 is 0 Å². The molecular formula is C3H3BrNS. The van der Waals surface area contributed by atoms with Crippen molar-refractivity contribution in [3.8, 4) is 0 Å². The highest BCUT2D eigenvalue weighted by molar-refractivity contribution is 9.13. The monoisotopic (exact) mass is 164 g/mol. The molecule has 0 aromatic carbocycles. The first kappa shape index (κ1) is 4.53. The smallest absolute Gasteiger partial charge is 0.187 e. The predicted molar refractivity (Wildman–Crippen MR) is 32.0 cm³/mol. The molecule has 0 aromatic heterocycles. The predicted octanol–water partition coefficient (Wildman–Crippen LogP) is 1.64. The van der Waals surface area contributed by atoms with Gasteiger partial charge < -0.3 is 5.32 Å². The van der Waals surface area contributed by atoms with Crippen LogP contribution in [0, 0.1) is 4.28 Å². The molecule has 1 radical (unpaired) electrons. The van der Waals surface area contributed by atoms with Crippen LogP contribution in [0.1, 0.15) is 0 Å². The first-order chi connectivity index (χ1) is 2.89. The maximum absolute atomic E-state index is 3.24. The van der Waals surface area contributed by atoms with Crippen molar-refractivity contribution >= 4 is 27.7 Å². The molecule has 6 heavy (non-hydrogen) atoms. The van der Waals surface area contributed by atoms with Crippen molar-refractivity contribution in [3.63, 3.8) is 0 Å². The van der Waals surface area contributed by atoms with Gasteiger partial charge in [0, 0.05) is 6.20 Å². The minimum atomic E-state index is 1.07. The van der Waals surface area contributed by atoms with Gasteiger partial charge in [0.05, 0.1) is 0 Å². The van der Waals surface area contributed by atoms with E-state index in [0.717, 1.165) is 4.28 Å². The van der Waals surface area contributed by atoms with Gasteiger partial charge in [0.15, 0.2) is 4.28 Å². The van der Waals surface area contributed by atoms with E-state index in [-0.39, 0.29) is 0 Å². The Morgan fingerprint density at radius 3 is 2.83 bits per heavy atom. The summed E-state index contributed by atoms with van der Waals surface area (Å²) in [5, 5.41) is 4.91. The Labute approximate surface area is 49.3 Å². The van der Waals surface area contributed by atoms with Crippen molar-refractivity contribution in [1.82, 2.24) is 5.32 Å². The average Bonchev–Trinajstić information content (AvgIpc) is 1.86. The molecule has 0 amide bonds. The first-order valence-electron chi connectivity index (χ1n) is 1.50. The Bertz CT molecular complexity index is 65.2. The van der Waals surface area contributed by atoms with E-state index in [9.17, 15) is 0 Å². The van der Waals surface area contributed by atoms with Crippen LogP contribution in [-0.4, -0.2) is 0 Å². The molecule has 0 saturated carbocycles. The summed E-state index contributed by atoms with van der Waals surface area (Å²) in [4.78, 5) is 0. The Hall–Kier alpha value is 0.370. The third-order valence-electron chi connectivity index (χ3n) is 0.436. The molecular weight excluding hydrogens is 162 g/mol. The first-order valence-corrected chi connectivity index (χ1v) is 3.17. The second kappa shape index (κ2) is 1.89. The summed E-state index contributed by atoms with van der Waals surface area (Å²) in [5.74, 6) is 0. The lowest BCUT2D eigenvalue weighted by Gasteiger charge is -1.91. The molecule has 0 fully saturated rings. The molecule has 0 bridgehead atoms. The van der Waals surface area contributed by atoms with E-state index < -0.39 is 0 Å². The largest absolute Gasteiger partial charge is 0.364 e.